The Labute approximate surface area is 167 Å². The van der Waals surface area contributed by atoms with Gasteiger partial charge in [-0.1, -0.05) is 23.8 Å². The molecule has 1 aromatic heterocycles. The summed E-state index contributed by atoms with van der Waals surface area (Å²) in [7, 11) is 0. The number of nitrogens with one attached hydrogen (secondary N) is 1. The van der Waals surface area contributed by atoms with Crippen molar-refractivity contribution in [2.45, 2.75) is 39.7 Å². The Morgan fingerprint density at radius 2 is 1.93 bits per heavy atom. The molecule has 0 amide bonds. The van der Waals surface area contributed by atoms with Crippen molar-refractivity contribution in [3.63, 3.8) is 0 Å². The van der Waals surface area contributed by atoms with Gasteiger partial charge in [-0.15, -0.1) is 0 Å². The summed E-state index contributed by atoms with van der Waals surface area (Å²) in [6.45, 7) is 10.7. The minimum Gasteiger partial charge on any atom is -0.354 e. The van der Waals surface area contributed by atoms with Crippen molar-refractivity contribution >= 4 is 11.5 Å². The molecule has 1 N–H and O–H groups in total. The number of aromatic nitrogens is 1. The number of hydrazine groups is 1. The molecule has 5 nitrogen and oxygen atoms in total. The number of hydrogen-bond acceptors (Lipinski definition) is 4. The lowest BCUT2D eigenvalue weighted by Gasteiger charge is -2.64. The van der Waals surface area contributed by atoms with Crippen molar-refractivity contribution in [2.75, 3.05) is 31.2 Å². The third-order valence-electron chi connectivity index (χ3n) is 6.67. The topological polar surface area (TPSA) is 46.5 Å². The van der Waals surface area contributed by atoms with Crippen molar-refractivity contribution in [1.82, 2.24) is 14.9 Å². The third kappa shape index (κ3) is 2.72. The first kappa shape index (κ1) is 17.7. The Kier molecular flexibility index (Phi) is 3.98. The minimum atomic E-state index is 0.344. The van der Waals surface area contributed by atoms with E-state index in [1.165, 1.54) is 29.7 Å². The quantitative estimate of drug-likeness (QED) is 0.646. The summed E-state index contributed by atoms with van der Waals surface area (Å²) < 4.78 is 0. The van der Waals surface area contributed by atoms with E-state index in [0.717, 1.165) is 37.4 Å². The Morgan fingerprint density at radius 3 is 2.68 bits per heavy atom. The largest absolute Gasteiger partial charge is 0.354 e. The van der Waals surface area contributed by atoms with E-state index in [1.807, 2.05) is 19.1 Å². The van der Waals surface area contributed by atoms with Gasteiger partial charge in [-0.2, -0.15) is 0 Å². The van der Waals surface area contributed by atoms with Gasteiger partial charge in [0, 0.05) is 43.8 Å². The normalized spacial score (nSPS) is 23.2. The fourth-order valence-corrected chi connectivity index (χ4v) is 5.18. The number of pyridine rings is 1. The summed E-state index contributed by atoms with van der Waals surface area (Å²) in [5.74, 6) is 0.578. The molecular weight excluding hydrogens is 346 g/mol. The number of anilines is 1. The van der Waals surface area contributed by atoms with Crippen LogP contribution < -0.4 is 5.01 Å². The molecule has 3 aliphatic heterocycles. The van der Waals surface area contributed by atoms with Crippen molar-refractivity contribution in [2.24, 2.45) is 5.41 Å². The number of benzene rings is 1. The van der Waals surface area contributed by atoms with E-state index in [1.54, 1.807) is 6.20 Å². The van der Waals surface area contributed by atoms with E-state index in [2.05, 4.69) is 51.9 Å². The molecule has 0 aliphatic carbocycles. The maximum Gasteiger partial charge on any atom is 0.147 e. The second-order valence-electron chi connectivity index (χ2n) is 9.06. The molecule has 0 bridgehead atoms. The maximum absolute atomic E-state index is 8.54. The van der Waals surface area contributed by atoms with E-state index < -0.39 is 0 Å². The van der Waals surface area contributed by atoms with Gasteiger partial charge in [-0.3, -0.25) is 10.4 Å². The van der Waals surface area contributed by atoms with Gasteiger partial charge in [0.25, 0.3) is 0 Å². The molecule has 5 heteroatoms. The standard InChI is InChI=1S/C23H29N5/c1-16-6-9-20-19(11-16)8-7-18(3)28(20)27-14-23(15-27)12-26(13-23)22(24)21-17(2)5-4-10-25-21/h4-6,9-11,18,24H,7-8,12-15H2,1-3H3. The van der Waals surface area contributed by atoms with Crippen LogP contribution in [0.15, 0.2) is 36.5 Å². The molecule has 0 radical (unpaired) electrons. The molecule has 4 heterocycles. The number of nitrogens with zero attached hydrogens (tertiary/aromatic N) is 4. The lowest BCUT2D eigenvalue weighted by molar-refractivity contribution is -0.0964. The van der Waals surface area contributed by atoms with Crippen LogP contribution in [0.25, 0.3) is 0 Å². The van der Waals surface area contributed by atoms with Crippen LogP contribution in [0.5, 0.6) is 0 Å². The van der Waals surface area contributed by atoms with Crippen molar-refractivity contribution < 1.29 is 0 Å². The van der Waals surface area contributed by atoms with Crippen LogP contribution in [0.2, 0.25) is 0 Å². The molecule has 28 heavy (non-hydrogen) atoms. The number of amidine groups is 1. The molecule has 2 fully saturated rings. The molecule has 1 unspecified atom stereocenters. The number of hydrogen-bond donors (Lipinski definition) is 1. The first-order chi connectivity index (χ1) is 13.5. The third-order valence-corrected chi connectivity index (χ3v) is 6.67. The SMILES string of the molecule is Cc1ccc2c(c1)CCC(C)N2N1CC2(CN(C(=N)c3ncccc3C)C2)C1. The Bertz CT molecular complexity index is 922. The van der Waals surface area contributed by atoms with Gasteiger partial charge in [-0.05, 0) is 56.9 Å². The fraction of sp³-hybridized carbons (Fsp3) is 0.478. The summed E-state index contributed by atoms with van der Waals surface area (Å²) in [6.07, 6.45) is 4.19. The van der Waals surface area contributed by atoms with E-state index in [9.17, 15) is 0 Å². The van der Waals surface area contributed by atoms with Crippen molar-refractivity contribution in [1.29, 1.82) is 5.41 Å². The second kappa shape index (κ2) is 6.31. The molecule has 5 rings (SSSR count). The molecule has 1 aromatic carbocycles. The highest BCUT2D eigenvalue weighted by molar-refractivity contribution is 5.96. The molecule has 3 aliphatic rings. The molecule has 1 spiro atoms. The van der Waals surface area contributed by atoms with Crippen molar-refractivity contribution in [3.8, 4) is 0 Å². The average molecular weight is 376 g/mol. The highest BCUT2D eigenvalue weighted by atomic mass is 15.7. The van der Waals surface area contributed by atoms with Crippen LogP contribution in [0.1, 0.15) is 35.7 Å². The van der Waals surface area contributed by atoms with E-state index >= 15 is 0 Å². The first-order valence-corrected chi connectivity index (χ1v) is 10.3. The first-order valence-electron chi connectivity index (χ1n) is 10.3. The summed E-state index contributed by atoms with van der Waals surface area (Å²) in [6, 6.07) is 11.4. The predicted octanol–water partition coefficient (Wildman–Crippen LogP) is 3.40. The zero-order chi connectivity index (χ0) is 19.5. The Hall–Kier alpha value is -2.40. The van der Waals surface area contributed by atoms with E-state index in [4.69, 9.17) is 5.41 Å². The monoisotopic (exact) mass is 375 g/mol. The van der Waals surface area contributed by atoms with Gasteiger partial charge in [0.05, 0.1) is 5.69 Å². The summed E-state index contributed by atoms with van der Waals surface area (Å²) in [4.78, 5) is 6.60. The van der Waals surface area contributed by atoms with Crippen LogP contribution in [-0.4, -0.2) is 52.9 Å². The van der Waals surface area contributed by atoms with Crippen LogP contribution >= 0.6 is 0 Å². The maximum atomic E-state index is 8.54. The molecular formula is C23H29N5. The van der Waals surface area contributed by atoms with E-state index in [-0.39, 0.29) is 0 Å². The lowest BCUT2D eigenvalue weighted by atomic mass is 9.73. The van der Waals surface area contributed by atoms with Crippen LogP contribution in [-0.2, 0) is 6.42 Å². The molecule has 1 atom stereocenters. The van der Waals surface area contributed by atoms with Gasteiger partial charge >= 0.3 is 0 Å². The van der Waals surface area contributed by atoms with Gasteiger partial charge in [0.1, 0.15) is 11.5 Å². The number of rotatable bonds is 2. The Balaban J connectivity index is 1.26. The number of fused-ring (bicyclic) bond motifs is 1. The summed E-state index contributed by atoms with van der Waals surface area (Å²) >= 11 is 0. The summed E-state index contributed by atoms with van der Waals surface area (Å²) in [5, 5.41) is 13.6. The van der Waals surface area contributed by atoms with Crippen LogP contribution in [0.3, 0.4) is 0 Å². The van der Waals surface area contributed by atoms with Crippen LogP contribution in [0.4, 0.5) is 5.69 Å². The number of likely N-dealkylation sites (tertiary alicyclic amines) is 1. The van der Waals surface area contributed by atoms with Gasteiger partial charge < -0.3 is 9.91 Å². The fourth-order valence-electron chi connectivity index (χ4n) is 5.18. The smallest absolute Gasteiger partial charge is 0.147 e. The van der Waals surface area contributed by atoms with Crippen molar-refractivity contribution in [3.05, 3.63) is 58.9 Å². The van der Waals surface area contributed by atoms with Gasteiger partial charge in [0.2, 0.25) is 0 Å². The predicted molar refractivity (Wildman–Crippen MR) is 113 cm³/mol. The number of aryl methyl sites for hydroxylation is 3. The highest BCUT2D eigenvalue weighted by Crippen LogP contribution is 2.44. The zero-order valence-corrected chi connectivity index (χ0v) is 17.1. The van der Waals surface area contributed by atoms with Crippen LogP contribution in [0, 0.1) is 24.7 Å². The average Bonchev–Trinajstić information content (AvgIpc) is 2.61. The highest BCUT2D eigenvalue weighted by Gasteiger charge is 2.55. The second-order valence-corrected chi connectivity index (χ2v) is 9.06. The minimum absolute atomic E-state index is 0.344. The zero-order valence-electron chi connectivity index (χ0n) is 17.1. The lowest BCUT2D eigenvalue weighted by Crippen LogP contribution is -2.76. The Morgan fingerprint density at radius 1 is 1.14 bits per heavy atom. The molecule has 0 saturated carbocycles. The molecule has 2 aromatic rings. The summed E-state index contributed by atoms with van der Waals surface area (Å²) in [5.41, 5.74) is 6.48. The molecule has 2 saturated heterocycles. The van der Waals surface area contributed by atoms with Gasteiger partial charge in [0.15, 0.2) is 0 Å². The van der Waals surface area contributed by atoms with Gasteiger partial charge in [-0.25, -0.2) is 5.01 Å². The molecule has 146 valence electrons. The van der Waals surface area contributed by atoms with E-state index in [0.29, 0.717) is 17.3 Å².